The Morgan fingerprint density at radius 1 is 0.950 bits per heavy atom. The minimum Gasteiger partial charge on any atom is -0.486 e. The summed E-state index contributed by atoms with van der Waals surface area (Å²) in [6.07, 6.45) is 0. The lowest BCUT2D eigenvalue weighted by Gasteiger charge is -2.16. The molecule has 0 saturated heterocycles. The molecule has 0 unspecified atom stereocenters. The quantitative estimate of drug-likeness (QED) is 0.815. The maximum atomic E-state index is 6.03. The number of anilines is 1. The number of benzene rings is 2. The van der Waals surface area contributed by atoms with Crippen molar-refractivity contribution in [2.45, 2.75) is 34.3 Å². The van der Waals surface area contributed by atoms with E-state index >= 15 is 0 Å². The van der Waals surface area contributed by atoms with Crippen LogP contribution in [0.2, 0.25) is 0 Å². The fraction of sp³-hybridized carbons (Fsp3) is 0.294. The number of rotatable bonds is 3. The van der Waals surface area contributed by atoms with Crippen molar-refractivity contribution in [3.8, 4) is 5.75 Å². The SMILES string of the molecule is Cc1cc(C)c(COc2c(C)cc(Br)cc2N)c(C)c1. The van der Waals surface area contributed by atoms with E-state index in [1.165, 1.54) is 22.3 Å². The van der Waals surface area contributed by atoms with Crippen LogP contribution in [0.1, 0.15) is 27.8 Å². The first kappa shape index (κ1) is 14.9. The van der Waals surface area contributed by atoms with Gasteiger partial charge in [-0.3, -0.25) is 0 Å². The Morgan fingerprint density at radius 2 is 1.55 bits per heavy atom. The smallest absolute Gasteiger partial charge is 0.145 e. The molecular weight excluding hydrogens is 314 g/mol. The molecule has 0 aliphatic heterocycles. The van der Waals surface area contributed by atoms with Crippen LogP contribution in [0.3, 0.4) is 0 Å². The summed E-state index contributed by atoms with van der Waals surface area (Å²) in [6, 6.07) is 8.25. The van der Waals surface area contributed by atoms with Crippen LogP contribution < -0.4 is 10.5 Å². The molecule has 0 amide bonds. The first-order valence-corrected chi connectivity index (χ1v) is 7.43. The summed E-state index contributed by atoms with van der Waals surface area (Å²) in [7, 11) is 0. The Labute approximate surface area is 129 Å². The lowest BCUT2D eigenvalue weighted by atomic mass is 10.0. The molecule has 0 aliphatic rings. The van der Waals surface area contributed by atoms with E-state index in [9.17, 15) is 0 Å². The molecule has 2 aromatic rings. The van der Waals surface area contributed by atoms with Crippen LogP contribution in [0.5, 0.6) is 5.75 Å². The summed E-state index contributed by atoms with van der Waals surface area (Å²) in [6.45, 7) is 8.91. The van der Waals surface area contributed by atoms with Gasteiger partial charge in [0.1, 0.15) is 12.4 Å². The minimum atomic E-state index is 0.546. The van der Waals surface area contributed by atoms with E-state index in [0.29, 0.717) is 12.3 Å². The number of nitrogens with two attached hydrogens (primary N) is 1. The topological polar surface area (TPSA) is 35.2 Å². The van der Waals surface area contributed by atoms with Gasteiger partial charge in [0.15, 0.2) is 0 Å². The van der Waals surface area contributed by atoms with Crippen LogP contribution in [0, 0.1) is 27.7 Å². The molecule has 0 aromatic heterocycles. The Bertz CT molecular complexity index is 546. The summed E-state index contributed by atoms with van der Waals surface area (Å²) >= 11 is 3.44. The first-order chi connectivity index (χ1) is 9.38. The highest BCUT2D eigenvalue weighted by Crippen LogP contribution is 2.31. The zero-order valence-corrected chi connectivity index (χ0v) is 14.0. The van der Waals surface area contributed by atoms with Gasteiger partial charge in [-0.15, -0.1) is 0 Å². The van der Waals surface area contributed by atoms with Crippen LogP contribution in [-0.2, 0) is 6.61 Å². The monoisotopic (exact) mass is 333 g/mol. The number of halogens is 1. The number of ether oxygens (including phenoxy) is 1. The zero-order valence-electron chi connectivity index (χ0n) is 12.4. The van der Waals surface area contributed by atoms with Crippen molar-refractivity contribution in [1.29, 1.82) is 0 Å². The van der Waals surface area contributed by atoms with Crippen molar-refractivity contribution in [3.05, 3.63) is 56.6 Å². The molecule has 2 aromatic carbocycles. The Balaban J connectivity index is 2.26. The van der Waals surface area contributed by atoms with Gasteiger partial charge in [-0.25, -0.2) is 0 Å². The Morgan fingerprint density at radius 3 is 2.10 bits per heavy atom. The standard InChI is InChI=1S/C17H20BrNO/c1-10-5-11(2)15(12(3)6-10)9-20-17-13(4)7-14(18)8-16(17)19/h5-8H,9,19H2,1-4H3. The largest absolute Gasteiger partial charge is 0.486 e. The lowest BCUT2D eigenvalue weighted by molar-refractivity contribution is 0.304. The van der Waals surface area contributed by atoms with Crippen molar-refractivity contribution in [1.82, 2.24) is 0 Å². The van der Waals surface area contributed by atoms with Gasteiger partial charge in [-0.2, -0.15) is 0 Å². The molecule has 0 heterocycles. The fourth-order valence-corrected chi connectivity index (χ4v) is 3.12. The van der Waals surface area contributed by atoms with E-state index < -0.39 is 0 Å². The van der Waals surface area contributed by atoms with Crippen LogP contribution in [0.25, 0.3) is 0 Å². The molecule has 2 nitrogen and oxygen atoms in total. The maximum absolute atomic E-state index is 6.03. The van der Waals surface area contributed by atoms with Crippen LogP contribution in [0.4, 0.5) is 5.69 Å². The zero-order chi connectivity index (χ0) is 14.9. The molecule has 0 fully saturated rings. The van der Waals surface area contributed by atoms with E-state index in [4.69, 9.17) is 10.5 Å². The second-order valence-electron chi connectivity index (χ2n) is 5.31. The molecule has 0 aliphatic carbocycles. The second kappa shape index (κ2) is 5.88. The molecule has 3 heteroatoms. The van der Waals surface area contributed by atoms with Gasteiger partial charge < -0.3 is 10.5 Å². The summed E-state index contributed by atoms with van der Waals surface area (Å²) in [5, 5.41) is 0. The lowest BCUT2D eigenvalue weighted by Crippen LogP contribution is -2.04. The van der Waals surface area contributed by atoms with Gasteiger partial charge in [0.05, 0.1) is 5.69 Å². The highest BCUT2D eigenvalue weighted by atomic mass is 79.9. The summed E-state index contributed by atoms with van der Waals surface area (Å²) in [5.41, 5.74) is 12.8. The third-order valence-corrected chi connectivity index (χ3v) is 3.93. The predicted octanol–water partition coefficient (Wildman–Crippen LogP) is 4.84. The molecule has 2 N–H and O–H groups in total. The van der Waals surface area contributed by atoms with Gasteiger partial charge >= 0.3 is 0 Å². The normalized spacial score (nSPS) is 10.7. The summed E-state index contributed by atoms with van der Waals surface area (Å²) in [4.78, 5) is 0. The molecular formula is C17H20BrNO. The molecule has 20 heavy (non-hydrogen) atoms. The van der Waals surface area contributed by atoms with Crippen molar-refractivity contribution >= 4 is 21.6 Å². The highest BCUT2D eigenvalue weighted by Gasteiger charge is 2.09. The second-order valence-corrected chi connectivity index (χ2v) is 6.22. The van der Waals surface area contributed by atoms with Gasteiger partial charge in [-0.1, -0.05) is 33.6 Å². The highest BCUT2D eigenvalue weighted by molar-refractivity contribution is 9.10. The molecule has 0 radical (unpaired) electrons. The molecule has 0 bridgehead atoms. The van der Waals surface area contributed by atoms with Crippen molar-refractivity contribution < 1.29 is 4.74 Å². The maximum Gasteiger partial charge on any atom is 0.145 e. The van der Waals surface area contributed by atoms with E-state index in [1.54, 1.807) is 0 Å². The minimum absolute atomic E-state index is 0.546. The summed E-state index contributed by atoms with van der Waals surface area (Å²) < 4.78 is 6.94. The summed E-state index contributed by atoms with van der Waals surface area (Å²) in [5.74, 6) is 0.771. The van der Waals surface area contributed by atoms with Crippen molar-refractivity contribution in [2.75, 3.05) is 5.73 Å². The van der Waals surface area contributed by atoms with E-state index in [1.807, 2.05) is 19.1 Å². The average Bonchev–Trinajstić information content (AvgIpc) is 2.30. The first-order valence-electron chi connectivity index (χ1n) is 6.63. The van der Waals surface area contributed by atoms with Crippen molar-refractivity contribution in [2.24, 2.45) is 0 Å². The average molecular weight is 334 g/mol. The third kappa shape index (κ3) is 3.15. The van der Waals surface area contributed by atoms with E-state index in [0.717, 1.165) is 15.8 Å². The Hall–Kier alpha value is -1.48. The number of aryl methyl sites for hydroxylation is 4. The number of hydrogen-bond acceptors (Lipinski definition) is 2. The number of nitrogen functional groups attached to an aromatic ring is 1. The third-order valence-electron chi connectivity index (χ3n) is 3.47. The molecule has 106 valence electrons. The van der Waals surface area contributed by atoms with Crippen LogP contribution >= 0.6 is 15.9 Å². The van der Waals surface area contributed by atoms with Gasteiger partial charge in [0, 0.05) is 4.47 Å². The van der Waals surface area contributed by atoms with Gasteiger partial charge in [0.2, 0.25) is 0 Å². The molecule has 0 atom stereocenters. The fourth-order valence-electron chi connectivity index (χ4n) is 2.53. The number of hydrogen-bond donors (Lipinski definition) is 1. The van der Waals surface area contributed by atoms with Crippen LogP contribution in [-0.4, -0.2) is 0 Å². The molecule has 2 rings (SSSR count). The van der Waals surface area contributed by atoms with E-state index in [-0.39, 0.29) is 0 Å². The van der Waals surface area contributed by atoms with Crippen LogP contribution in [0.15, 0.2) is 28.7 Å². The van der Waals surface area contributed by atoms with E-state index in [2.05, 4.69) is 48.8 Å². The van der Waals surface area contributed by atoms with Crippen molar-refractivity contribution in [3.63, 3.8) is 0 Å². The Kier molecular flexibility index (Phi) is 4.39. The predicted molar refractivity (Wildman–Crippen MR) is 88.3 cm³/mol. The molecule has 0 saturated carbocycles. The van der Waals surface area contributed by atoms with Gasteiger partial charge in [-0.05, 0) is 62.1 Å². The molecule has 0 spiro atoms. The van der Waals surface area contributed by atoms with Gasteiger partial charge in [0.25, 0.3) is 0 Å².